The van der Waals surface area contributed by atoms with Gasteiger partial charge in [-0.25, -0.2) is 4.98 Å². The second kappa shape index (κ2) is 12.4. The highest BCUT2D eigenvalue weighted by Crippen LogP contribution is 2.56. The molecule has 2 amide bonds. The quantitative estimate of drug-likeness (QED) is 0.290. The SMILES string of the molecule is COc1cc(OC)c2c(c1Cl)O[C@]1(C2=O)C(O)=C(C(CC(=O)NCC(=O)Nc2nc(C)cs2)c2ccc3c(c2)OCO3)C(=O)C[C@H]1C. The Bertz CT molecular complexity index is 1860. The molecule has 3 aromatic rings. The number of aliphatic hydroxyl groups excluding tert-OH is 1. The number of hydrogen-bond donors (Lipinski definition) is 3. The molecular weight excluding hydrogens is 654 g/mol. The summed E-state index contributed by atoms with van der Waals surface area (Å²) in [5, 5.41) is 19.4. The Balaban J connectivity index is 1.38. The van der Waals surface area contributed by atoms with Crippen molar-refractivity contribution >= 4 is 51.5 Å². The molecule has 3 aliphatic rings. The molecule has 2 aliphatic heterocycles. The number of allylic oxidation sites excluding steroid dienone is 1. The predicted molar refractivity (Wildman–Crippen MR) is 169 cm³/mol. The topological polar surface area (TPSA) is 172 Å². The summed E-state index contributed by atoms with van der Waals surface area (Å²) >= 11 is 7.82. The van der Waals surface area contributed by atoms with Gasteiger partial charge in [0, 0.05) is 41.7 Å². The fourth-order valence-corrected chi connectivity index (χ4v) is 7.04. The number of Topliss-reactive ketones (excluding diaryl/α,β-unsaturated/α-hetero) is 2. The molecule has 0 radical (unpaired) electrons. The molecule has 47 heavy (non-hydrogen) atoms. The van der Waals surface area contributed by atoms with E-state index in [1.165, 1.54) is 31.6 Å². The summed E-state index contributed by atoms with van der Waals surface area (Å²) in [6, 6.07) is 6.30. The minimum atomic E-state index is -2.05. The number of rotatable bonds is 9. The van der Waals surface area contributed by atoms with Crippen LogP contribution >= 0.6 is 22.9 Å². The second-order valence-corrected chi connectivity index (χ2v) is 12.5. The normalized spacial score (nSPS) is 20.1. The lowest BCUT2D eigenvalue weighted by Crippen LogP contribution is -2.53. The molecule has 0 saturated carbocycles. The van der Waals surface area contributed by atoms with Crippen molar-refractivity contribution in [2.45, 2.75) is 38.2 Å². The molecule has 3 heterocycles. The molecule has 6 rings (SSSR count). The number of hydrogen-bond acceptors (Lipinski definition) is 12. The van der Waals surface area contributed by atoms with Crippen LogP contribution in [0.4, 0.5) is 5.13 Å². The lowest BCUT2D eigenvalue weighted by atomic mass is 9.69. The lowest BCUT2D eigenvalue weighted by Gasteiger charge is -2.38. The molecule has 3 atom stereocenters. The van der Waals surface area contributed by atoms with Gasteiger partial charge in [-0.2, -0.15) is 0 Å². The Labute approximate surface area is 277 Å². The number of methoxy groups -OCH3 is 2. The molecule has 0 bridgehead atoms. The molecule has 1 aromatic heterocycles. The van der Waals surface area contributed by atoms with Crippen molar-refractivity contribution in [1.82, 2.24) is 10.3 Å². The molecule has 13 nitrogen and oxygen atoms in total. The van der Waals surface area contributed by atoms with E-state index in [4.69, 9.17) is 35.3 Å². The molecule has 246 valence electrons. The van der Waals surface area contributed by atoms with E-state index in [0.29, 0.717) is 22.2 Å². The minimum Gasteiger partial charge on any atom is -0.507 e. The van der Waals surface area contributed by atoms with E-state index >= 15 is 0 Å². The highest BCUT2D eigenvalue weighted by Gasteiger charge is 2.61. The number of nitrogens with zero attached hydrogens (tertiary/aromatic N) is 1. The first-order chi connectivity index (χ1) is 22.5. The van der Waals surface area contributed by atoms with Crippen LogP contribution in [0.5, 0.6) is 28.7 Å². The van der Waals surface area contributed by atoms with Gasteiger partial charge in [0.2, 0.25) is 30.0 Å². The summed E-state index contributed by atoms with van der Waals surface area (Å²) in [5.41, 5.74) is -1.09. The van der Waals surface area contributed by atoms with Crippen LogP contribution in [0.25, 0.3) is 0 Å². The lowest BCUT2D eigenvalue weighted by molar-refractivity contribution is -0.124. The average molecular weight is 684 g/mol. The molecule has 0 saturated heterocycles. The van der Waals surface area contributed by atoms with E-state index in [2.05, 4.69) is 15.6 Å². The number of halogens is 1. The van der Waals surface area contributed by atoms with Gasteiger partial charge in [-0.1, -0.05) is 24.6 Å². The smallest absolute Gasteiger partial charge is 0.245 e. The molecule has 1 unspecified atom stereocenters. The third kappa shape index (κ3) is 5.50. The van der Waals surface area contributed by atoms with Crippen molar-refractivity contribution < 1.29 is 48.0 Å². The zero-order chi connectivity index (χ0) is 33.6. The number of amides is 2. The number of benzene rings is 2. The number of aryl methyl sites for hydroxylation is 1. The maximum atomic E-state index is 14.3. The summed E-state index contributed by atoms with van der Waals surface area (Å²) in [4.78, 5) is 58.1. The molecule has 1 aliphatic carbocycles. The van der Waals surface area contributed by atoms with Gasteiger partial charge in [-0.15, -0.1) is 11.3 Å². The zero-order valence-corrected chi connectivity index (χ0v) is 27.3. The number of carbonyl (C=O) groups excluding carboxylic acids is 4. The standard InChI is InChI=1S/C32H30ClN3O10S/c1-14-7-18(37)25(29(40)32(14)30(41)26-21(42-3)10-22(43-4)27(33)28(26)46-32)17(16-5-6-19-20(8-16)45-13-44-19)9-23(38)34-11-24(39)36-31-35-15(2)12-47-31/h5-6,8,10,12,14,17,40H,7,9,11,13H2,1-4H3,(H,34,38)(H,35,36,39)/t14-,17?,32+/m1/s1. The number of nitrogens with one attached hydrogen (secondary N) is 2. The van der Waals surface area contributed by atoms with Gasteiger partial charge in [0.05, 0.1) is 26.5 Å². The van der Waals surface area contributed by atoms with Crippen LogP contribution < -0.4 is 34.3 Å². The monoisotopic (exact) mass is 683 g/mol. The Morgan fingerprint density at radius 1 is 1.15 bits per heavy atom. The molecular formula is C32H30ClN3O10S. The first-order valence-electron chi connectivity index (χ1n) is 14.5. The fraction of sp³-hybridized carbons (Fsp3) is 0.344. The van der Waals surface area contributed by atoms with Crippen LogP contribution in [0.3, 0.4) is 0 Å². The summed E-state index contributed by atoms with van der Waals surface area (Å²) < 4.78 is 28.0. The number of aromatic nitrogens is 1. The van der Waals surface area contributed by atoms with Crippen molar-refractivity contribution in [3.05, 3.63) is 62.8 Å². The Kier molecular flexibility index (Phi) is 8.49. The highest BCUT2D eigenvalue weighted by molar-refractivity contribution is 7.13. The van der Waals surface area contributed by atoms with Crippen LogP contribution in [0, 0.1) is 12.8 Å². The third-order valence-electron chi connectivity index (χ3n) is 8.36. The first kappa shape index (κ1) is 32.1. The molecule has 1 spiro atoms. The van der Waals surface area contributed by atoms with Crippen molar-refractivity contribution in [3.63, 3.8) is 0 Å². The van der Waals surface area contributed by atoms with Gasteiger partial charge in [0.15, 0.2) is 33.9 Å². The minimum absolute atomic E-state index is 0.00939. The summed E-state index contributed by atoms with van der Waals surface area (Å²) in [5.74, 6) is -3.75. The average Bonchev–Trinajstić information content (AvgIpc) is 3.76. The van der Waals surface area contributed by atoms with E-state index in [9.17, 15) is 24.3 Å². The van der Waals surface area contributed by atoms with E-state index in [0.717, 1.165) is 5.69 Å². The van der Waals surface area contributed by atoms with Crippen molar-refractivity contribution in [2.24, 2.45) is 5.92 Å². The van der Waals surface area contributed by atoms with Crippen LogP contribution in [-0.2, 0) is 14.4 Å². The summed E-state index contributed by atoms with van der Waals surface area (Å²) in [7, 11) is 2.75. The molecule has 3 N–H and O–H groups in total. The summed E-state index contributed by atoms with van der Waals surface area (Å²) in [6.07, 6.45) is -0.577. The van der Waals surface area contributed by atoms with E-state index < -0.39 is 46.6 Å². The van der Waals surface area contributed by atoms with E-state index in [1.807, 2.05) is 0 Å². The molecule has 0 fully saturated rings. The zero-order valence-electron chi connectivity index (χ0n) is 25.7. The van der Waals surface area contributed by atoms with E-state index in [1.54, 1.807) is 37.4 Å². The maximum Gasteiger partial charge on any atom is 0.245 e. The Morgan fingerprint density at radius 3 is 2.60 bits per heavy atom. The van der Waals surface area contributed by atoms with Crippen molar-refractivity contribution in [3.8, 4) is 28.7 Å². The summed E-state index contributed by atoms with van der Waals surface area (Å²) in [6.45, 7) is 3.01. The van der Waals surface area contributed by atoms with Crippen molar-refractivity contribution in [2.75, 3.05) is 32.9 Å². The van der Waals surface area contributed by atoms with Crippen LogP contribution in [0.1, 0.15) is 47.3 Å². The predicted octanol–water partition coefficient (Wildman–Crippen LogP) is 4.51. The number of fused-ring (bicyclic) bond motifs is 2. The first-order valence-corrected chi connectivity index (χ1v) is 15.8. The number of carbonyl (C=O) groups is 4. The van der Waals surface area contributed by atoms with Gasteiger partial charge >= 0.3 is 0 Å². The Hall–Kier alpha value is -4.82. The fourth-order valence-electron chi connectivity index (χ4n) is 6.07. The number of ketones is 2. The van der Waals surface area contributed by atoms with E-state index in [-0.39, 0.29) is 59.6 Å². The number of thiazole rings is 1. The van der Waals surface area contributed by atoms with Gasteiger partial charge in [0.25, 0.3) is 0 Å². The Morgan fingerprint density at radius 2 is 1.89 bits per heavy atom. The van der Waals surface area contributed by atoms with Gasteiger partial charge in [-0.05, 0) is 24.6 Å². The number of aliphatic hydroxyl groups is 1. The van der Waals surface area contributed by atoms with Gasteiger partial charge in [-0.3, -0.25) is 19.2 Å². The maximum absolute atomic E-state index is 14.3. The molecule has 15 heteroatoms. The number of anilines is 1. The van der Waals surface area contributed by atoms with Crippen LogP contribution in [0.15, 0.2) is 41.0 Å². The largest absolute Gasteiger partial charge is 0.507 e. The van der Waals surface area contributed by atoms with Crippen molar-refractivity contribution in [1.29, 1.82) is 0 Å². The highest BCUT2D eigenvalue weighted by atomic mass is 35.5. The number of ether oxygens (including phenoxy) is 5. The second-order valence-electron chi connectivity index (χ2n) is 11.2. The van der Waals surface area contributed by atoms with Crippen LogP contribution in [0.2, 0.25) is 5.02 Å². The third-order valence-corrected chi connectivity index (χ3v) is 9.59. The molecule has 2 aromatic carbocycles. The van der Waals surface area contributed by atoms with Gasteiger partial charge < -0.3 is 39.4 Å². The van der Waals surface area contributed by atoms with Gasteiger partial charge in [0.1, 0.15) is 22.1 Å². The van der Waals surface area contributed by atoms with Crippen LogP contribution in [-0.4, -0.2) is 66.6 Å².